The van der Waals surface area contributed by atoms with E-state index < -0.39 is 6.71 Å². The van der Waals surface area contributed by atoms with Gasteiger partial charge in [0.25, 0.3) is 20.1 Å². The van der Waals surface area contributed by atoms with Crippen molar-refractivity contribution in [1.29, 1.82) is 0 Å². The molecule has 0 aliphatic carbocycles. The second-order valence-electron chi connectivity index (χ2n) is 50.3. The molecule has 0 saturated heterocycles. The number of hydrogen-bond donors (Lipinski definition) is 0. The number of anilines is 6. The lowest BCUT2D eigenvalue weighted by Gasteiger charge is -2.44. The van der Waals surface area contributed by atoms with Crippen LogP contribution in [0.25, 0.3) is 82.5 Å². The number of hydrogen-bond acceptors (Lipinski definition) is 6. The van der Waals surface area contributed by atoms with E-state index in [0.29, 0.717) is 0 Å². The maximum atomic E-state index is 8.41. The molecule has 0 bridgehead atoms. The van der Waals surface area contributed by atoms with Crippen LogP contribution in [0, 0.1) is 41.5 Å². The van der Waals surface area contributed by atoms with Crippen molar-refractivity contribution in [3.8, 4) is 63.1 Å². The standard InChI is InChI=1S/C128H128B3N5O4/c1-69-47-71(3)119(72(4)48-69)135-104-67-110-96(65-92(104)129-94-57-81(127(25,26)27)37-45-108(94)137-112-61-83(59-106(135)116(112)129)132-98-39-31-75(121(7,8)9)51-86(98)87-52-76(122(10,11)12)32-40-99(87)132)130-93-66-97-111(140-115-64-85(63-114-118(115)131(97)95-58-82(128(28,29)30)38-46-109(95)138-114)134-102-43-35-79(125(19,20)21)55-90(102)91-56-80(126(22,23)24)36-44-103(91)134)68-105(93)136(120-73(5)49-70(2)50-74(120)6)107-60-84(62-113(139-110)117(107)130)133-100-41-33-77(123(13,14)15)53-88(100)89-54-78(124(16,17)18)34-42-101(89)133/h31-68H,1-30H3. The molecule has 15 aromatic carbocycles. The summed E-state index contributed by atoms with van der Waals surface area (Å²) in [5.41, 5.74) is 42.5. The van der Waals surface area contributed by atoms with Gasteiger partial charge in [-0.05, 0) is 292 Å². The van der Waals surface area contributed by atoms with Crippen LogP contribution in [0.5, 0.6) is 46.0 Å². The fourth-order valence-corrected chi connectivity index (χ4v) is 24.5. The summed E-state index contributed by atoms with van der Waals surface area (Å²) < 4.78 is 39.4. The quantitative estimate of drug-likeness (QED) is 0.160. The first-order chi connectivity index (χ1) is 65.9. The molecule has 140 heavy (non-hydrogen) atoms. The van der Waals surface area contributed by atoms with Gasteiger partial charge in [-0.2, -0.15) is 0 Å². The SMILES string of the molecule is Cc1cc(C)c(N2c3cc4c(cc3B3c5cc6c(cc5Oc5cc(-n7c8ccc(C(C)(C)C)cc8c8cc(C(C)(C)C)ccc87)cc2c53)N(c2c(C)cc(C)cc2C)c2cc(-n3c5ccc(C(C)(C)C)cc5c5cc(C(C)(C)C)ccc53)cc3c2B6c2cc(C(C)(C)C)ccc2O3)B2c3cc(C(C)(C)C)ccc3Oc3cc(-n5c6ccc(C(C)(C)C)cc6c6cc(C(C)(C)C)ccc65)cc(c32)O4)c(C)c1. The highest BCUT2D eigenvalue weighted by Crippen LogP contribution is 2.54. The van der Waals surface area contributed by atoms with Gasteiger partial charge >= 0.3 is 0 Å². The summed E-state index contributed by atoms with van der Waals surface area (Å²) in [6, 6.07) is 91.1. The van der Waals surface area contributed by atoms with Gasteiger partial charge in [0.1, 0.15) is 46.0 Å². The summed E-state index contributed by atoms with van der Waals surface area (Å²) in [4.78, 5) is 5.24. The average Bonchev–Trinajstić information content (AvgIpc) is 0.761. The zero-order chi connectivity index (χ0) is 98.3. The Morgan fingerprint density at radius 2 is 0.414 bits per heavy atom. The molecule has 0 amide bonds. The van der Waals surface area contributed by atoms with Crippen molar-refractivity contribution >= 4 is 169 Å². The van der Waals surface area contributed by atoms with Gasteiger partial charge in [0, 0.05) is 96.9 Å². The molecule has 0 unspecified atom stereocenters. The summed E-state index contributed by atoms with van der Waals surface area (Å²) in [5, 5.41) is 7.34. The number of ether oxygens (including phenoxy) is 4. The van der Waals surface area contributed by atoms with Crippen molar-refractivity contribution in [3.63, 3.8) is 0 Å². The van der Waals surface area contributed by atoms with Crippen LogP contribution < -0.4 is 77.9 Å². The molecular formula is C128H128B3N5O4. The lowest BCUT2D eigenvalue weighted by atomic mass is 9.29. The topological polar surface area (TPSA) is 58.2 Å². The second-order valence-corrected chi connectivity index (χ2v) is 50.3. The van der Waals surface area contributed by atoms with E-state index in [9.17, 15) is 0 Å². The predicted molar refractivity (Wildman–Crippen MR) is 597 cm³/mol. The third-order valence-electron chi connectivity index (χ3n) is 31.9. The lowest BCUT2D eigenvalue weighted by Crippen LogP contribution is -2.65. The van der Waals surface area contributed by atoms with E-state index in [4.69, 9.17) is 18.9 Å². The van der Waals surface area contributed by atoms with E-state index in [-0.39, 0.29) is 56.7 Å². The number of aryl methyl sites for hydroxylation is 6. The molecule has 6 aliphatic heterocycles. The number of nitrogens with zero attached hydrogens (tertiary/aromatic N) is 5. The van der Waals surface area contributed by atoms with Crippen molar-refractivity contribution in [1.82, 2.24) is 13.7 Å². The number of fused-ring (bicyclic) bond motifs is 21. The van der Waals surface area contributed by atoms with Crippen LogP contribution in [0.15, 0.2) is 231 Å². The summed E-state index contributed by atoms with van der Waals surface area (Å²) >= 11 is 0. The minimum absolute atomic E-state index is 0.0805. The molecule has 9 heterocycles. The van der Waals surface area contributed by atoms with Gasteiger partial charge in [-0.1, -0.05) is 274 Å². The molecule has 0 atom stereocenters. The highest BCUT2D eigenvalue weighted by molar-refractivity contribution is 7.03. The Labute approximate surface area is 828 Å². The van der Waals surface area contributed by atoms with E-state index in [1.165, 1.54) is 105 Å². The molecule has 0 saturated carbocycles. The molecule has 698 valence electrons. The van der Waals surface area contributed by atoms with Crippen LogP contribution in [-0.4, -0.2) is 33.8 Å². The largest absolute Gasteiger partial charge is 0.458 e. The summed E-state index contributed by atoms with van der Waals surface area (Å²) in [7, 11) is 0. The Bertz CT molecular complexity index is 8300. The van der Waals surface area contributed by atoms with E-state index >= 15 is 0 Å². The highest BCUT2D eigenvalue weighted by Gasteiger charge is 2.52. The second kappa shape index (κ2) is 29.7. The van der Waals surface area contributed by atoms with Crippen LogP contribution in [0.4, 0.5) is 34.1 Å². The molecule has 0 fully saturated rings. The van der Waals surface area contributed by atoms with Crippen LogP contribution in [-0.2, 0) is 43.3 Å². The first kappa shape index (κ1) is 89.3. The van der Waals surface area contributed by atoms with Crippen molar-refractivity contribution in [2.45, 2.75) is 251 Å². The van der Waals surface area contributed by atoms with Crippen LogP contribution in [0.2, 0.25) is 0 Å². The summed E-state index contributed by atoms with van der Waals surface area (Å²) in [6.45, 7) is 68.5. The average molecular weight is 1830 g/mol. The molecule has 0 N–H and O–H groups in total. The molecule has 9 nitrogen and oxygen atoms in total. The van der Waals surface area contributed by atoms with E-state index in [1.54, 1.807) is 0 Å². The zero-order valence-corrected chi connectivity index (χ0v) is 87.5. The van der Waals surface area contributed by atoms with Crippen molar-refractivity contribution in [3.05, 3.63) is 308 Å². The monoisotopic (exact) mass is 1830 g/mol. The Balaban J connectivity index is 0.813. The molecular weight excluding hydrogens is 1700 g/mol. The normalized spacial score (nSPS) is 14.4. The molecule has 3 aromatic heterocycles. The summed E-state index contributed by atoms with van der Waals surface area (Å²) in [5.74, 6) is 6.45. The third-order valence-corrected chi connectivity index (χ3v) is 31.9. The van der Waals surface area contributed by atoms with Gasteiger partial charge in [-0.15, -0.1) is 0 Å². The molecule has 12 heteroatoms. The van der Waals surface area contributed by atoms with Crippen LogP contribution >= 0.6 is 0 Å². The lowest BCUT2D eigenvalue weighted by molar-refractivity contribution is 0.464. The van der Waals surface area contributed by atoms with Gasteiger partial charge in [0.15, 0.2) is 0 Å². The number of rotatable bonds is 5. The molecule has 6 aliphatic rings. The van der Waals surface area contributed by atoms with E-state index in [2.05, 4.69) is 462 Å². The van der Waals surface area contributed by atoms with Crippen molar-refractivity contribution in [2.75, 3.05) is 9.80 Å². The van der Waals surface area contributed by atoms with Gasteiger partial charge < -0.3 is 42.4 Å². The molecule has 24 rings (SSSR count). The molecule has 0 radical (unpaired) electrons. The predicted octanol–water partition coefficient (Wildman–Crippen LogP) is 28.7. The van der Waals surface area contributed by atoms with Crippen LogP contribution in [0.3, 0.4) is 0 Å². The minimum atomic E-state index is -0.434. The fraction of sp³-hybridized carbons (Fsp3) is 0.297. The van der Waals surface area contributed by atoms with E-state index in [0.717, 1.165) is 185 Å². The zero-order valence-electron chi connectivity index (χ0n) is 87.5. The first-order valence-electron chi connectivity index (χ1n) is 50.8. The number of benzene rings is 15. The van der Waals surface area contributed by atoms with Crippen LogP contribution in [0.1, 0.15) is 244 Å². The van der Waals surface area contributed by atoms with Gasteiger partial charge in [0.2, 0.25) is 0 Å². The van der Waals surface area contributed by atoms with Gasteiger partial charge in [0.05, 0.1) is 61.5 Å². The summed E-state index contributed by atoms with van der Waals surface area (Å²) in [6.07, 6.45) is 0. The van der Waals surface area contributed by atoms with Gasteiger partial charge in [-0.25, -0.2) is 0 Å². The van der Waals surface area contributed by atoms with Crippen molar-refractivity contribution < 1.29 is 18.9 Å². The number of aromatic nitrogens is 3. The first-order valence-corrected chi connectivity index (χ1v) is 50.8. The van der Waals surface area contributed by atoms with E-state index in [1.807, 2.05) is 0 Å². The third kappa shape index (κ3) is 13.6. The smallest absolute Gasteiger partial charge is 0.260 e. The Morgan fingerprint density at radius 3 is 0.679 bits per heavy atom. The maximum absolute atomic E-state index is 8.41. The van der Waals surface area contributed by atoms with Crippen molar-refractivity contribution in [2.24, 2.45) is 0 Å². The molecule has 18 aromatic rings. The highest BCUT2D eigenvalue weighted by atomic mass is 16.5. The Morgan fingerprint density at radius 1 is 0.193 bits per heavy atom. The minimum Gasteiger partial charge on any atom is -0.458 e. The maximum Gasteiger partial charge on any atom is 0.260 e. The molecule has 0 spiro atoms. The fourth-order valence-electron chi connectivity index (χ4n) is 24.5. The Hall–Kier alpha value is -13.3. The Kier molecular flexibility index (Phi) is 18.9. The van der Waals surface area contributed by atoms with Gasteiger partial charge in [-0.3, -0.25) is 0 Å².